The summed E-state index contributed by atoms with van der Waals surface area (Å²) in [5.74, 6) is 0.652. The molecule has 1 N–H and O–H groups in total. The van der Waals surface area contributed by atoms with Crippen molar-refractivity contribution in [2.24, 2.45) is 7.05 Å². The highest BCUT2D eigenvalue weighted by Gasteiger charge is 2.08. The van der Waals surface area contributed by atoms with Crippen LogP contribution >= 0.6 is 0 Å². The third kappa shape index (κ3) is 4.30. The molecule has 102 valence electrons. The van der Waals surface area contributed by atoms with Crippen LogP contribution in [0.25, 0.3) is 0 Å². The van der Waals surface area contributed by atoms with Gasteiger partial charge in [0.15, 0.2) is 6.54 Å². The second-order valence-corrected chi connectivity index (χ2v) is 4.03. The van der Waals surface area contributed by atoms with Crippen LogP contribution in [0.3, 0.4) is 0 Å². The molecule has 1 heterocycles. The maximum absolute atomic E-state index is 11.8. The number of carbonyl (C=O) groups excluding carboxylic acids is 1. The predicted octanol–water partition coefficient (Wildman–Crippen LogP) is -2.04. The van der Waals surface area contributed by atoms with E-state index in [1.807, 2.05) is 53.1 Å². The Hall–Kier alpha value is -2.01. The maximum atomic E-state index is 11.8. The van der Waals surface area contributed by atoms with Crippen LogP contribution in [0.1, 0.15) is 0 Å². The first-order valence-electron chi connectivity index (χ1n) is 5.62. The molecular weight excluding hydrogens is 266 g/mol. The van der Waals surface area contributed by atoms with Gasteiger partial charge in [0.05, 0.1) is 14.2 Å². The highest BCUT2D eigenvalue weighted by atomic mass is 35.5. The van der Waals surface area contributed by atoms with E-state index < -0.39 is 0 Å². The third-order valence-electron chi connectivity index (χ3n) is 2.50. The number of halogens is 1. The Morgan fingerprint density at radius 1 is 1.47 bits per heavy atom. The summed E-state index contributed by atoms with van der Waals surface area (Å²) >= 11 is 0. The minimum absolute atomic E-state index is 0. The SMILES string of the molecule is COc1cccc(NC(=O)Cn2cc[n+](C)c2)c1.[Cl-]. The van der Waals surface area contributed by atoms with E-state index >= 15 is 0 Å². The van der Waals surface area contributed by atoms with Gasteiger partial charge >= 0.3 is 0 Å². The highest BCUT2D eigenvalue weighted by Crippen LogP contribution is 2.16. The first-order chi connectivity index (χ1) is 8.67. The zero-order valence-electron chi connectivity index (χ0n) is 10.8. The second kappa shape index (κ2) is 6.80. The Bertz CT molecular complexity index is 554. The normalized spacial score (nSPS) is 9.58. The quantitative estimate of drug-likeness (QED) is 0.657. The molecule has 1 amide bonds. The summed E-state index contributed by atoms with van der Waals surface area (Å²) in [6, 6.07) is 7.29. The summed E-state index contributed by atoms with van der Waals surface area (Å²) in [4.78, 5) is 11.8. The van der Waals surface area contributed by atoms with Gasteiger partial charge in [0.1, 0.15) is 18.1 Å². The van der Waals surface area contributed by atoms with E-state index in [9.17, 15) is 4.79 Å². The Morgan fingerprint density at radius 3 is 2.89 bits per heavy atom. The largest absolute Gasteiger partial charge is 1.00 e. The summed E-state index contributed by atoms with van der Waals surface area (Å²) in [5, 5.41) is 2.83. The summed E-state index contributed by atoms with van der Waals surface area (Å²) in [5.41, 5.74) is 0.732. The molecule has 0 saturated heterocycles. The van der Waals surface area contributed by atoms with E-state index in [2.05, 4.69) is 5.32 Å². The van der Waals surface area contributed by atoms with Crippen LogP contribution in [-0.4, -0.2) is 17.6 Å². The average molecular weight is 282 g/mol. The molecule has 5 nitrogen and oxygen atoms in total. The second-order valence-electron chi connectivity index (χ2n) is 4.03. The lowest BCUT2D eigenvalue weighted by molar-refractivity contribution is -0.671. The number of hydrogen-bond acceptors (Lipinski definition) is 2. The number of nitrogens with zero attached hydrogens (tertiary/aromatic N) is 2. The molecule has 19 heavy (non-hydrogen) atoms. The van der Waals surface area contributed by atoms with Crippen molar-refractivity contribution in [1.29, 1.82) is 0 Å². The van der Waals surface area contributed by atoms with E-state index in [0.717, 1.165) is 11.4 Å². The van der Waals surface area contributed by atoms with E-state index in [0.29, 0.717) is 0 Å². The van der Waals surface area contributed by atoms with Crippen molar-refractivity contribution in [3.63, 3.8) is 0 Å². The number of imidazole rings is 1. The van der Waals surface area contributed by atoms with Crippen LogP contribution < -0.4 is 27.0 Å². The number of aromatic nitrogens is 2. The van der Waals surface area contributed by atoms with E-state index in [1.54, 1.807) is 13.2 Å². The lowest BCUT2D eigenvalue weighted by atomic mass is 10.3. The molecule has 6 heteroatoms. The van der Waals surface area contributed by atoms with Crippen LogP contribution in [0, 0.1) is 0 Å². The van der Waals surface area contributed by atoms with Crippen LogP contribution in [0.4, 0.5) is 5.69 Å². The minimum atomic E-state index is -0.0700. The Morgan fingerprint density at radius 2 is 2.26 bits per heavy atom. The minimum Gasteiger partial charge on any atom is -1.00 e. The Balaban J connectivity index is 0.00000180. The molecule has 0 saturated carbocycles. The summed E-state index contributed by atoms with van der Waals surface area (Å²) < 4.78 is 8.80. The van der Waals surface area contributed by atoms with Gasteiger partial charge in [-0.25, -0.2) is 9.13 Å². The van der Waals surface area contributed by atoms with Gasteiger partial charge in [0, 0.05) is 11.8 Å². The van der Waals surface area contributed by atoms with Crippen molar-refractivity contribution < 1.29 is 26.5 Å². The number of methoxy groups -OCH3 is 1. The molecule has 0 radical (unpaired) electrons. The zero-order chi connectivity index (χ0) is 13.0. The number of carbonyl (C=O) groups is 1. The average Bonchev–Trinajstić information content (AvgIpc) is 2.74. The lowest BCUT2D eigenvalue weighted by Gasteiger charge is -2.05. The van der Waals surface area contributed by atoms with Crippen LogP contribution in [0.5, 0.6) is 5.75 Å². The summed E-state index contributed by atoms with van der Waals surface area (Å²) in [6.45, 7) is 0.290. The molecular formula is C13H16ClN3O2. The third-order valence-corrected chi connectivity index (χ3v) is 2.50. The van der Waals surface area contributed by atoms with Crippen LogP contribution in [-0.2, 0) is 18.4 Å². The molecule has 2 rings (SSSR count). The Kier molecular flexibility index (Phi) is 5.38. The summed E-state index contributed by atoms with van der Waals surface area (Å²) in [6.07, 6.45) is 5.59. The smallest absolute Gasteiger partial charge is 0.266 e. The van der Waals surface area contributed by atoms with Gasteiger partial charge < -0.3 is 22.5 Å². The highest BCUT2D eigenvalue weighted by molar-refractivity contribution is 5.90. The molecule has 0 aliphatic rings. The molecule has 1 aromatic heterocycles. The van der Waals surface area contributed by atoms with Crippen LogP contribution in [0.15, 0.2) is 43.0 Å². The topological polar surface area (TPSA) is 47.1 Å². The number of rotatable bonds is 4. The lowest BCUT2D eigenvalue weighted by Crippen LogP contribution is -3.00. The van der Waals surface area contributed by atoms with Gasteiger partial charge in [-0.3, -0.25) is 4.79 Å². The van der Waals surface area contributed by atoms with Crippen molar-refractivity contribution in [3.05, 3.63) is 43.0 Å². The van der Waals surface area contributed by atoms with Gasteiger partial charge in [-0.2, -0.15) is 0 Å². The van der Waals surface area contributed by atoms with Crippen molar-refractivity contribution in [2.75, 3.05) is 12.4 Å². The van der Waals surface area contributed by atoms with Gasteiger partial charge in [0.25, 0.3) is 5.91 Å². The number of nitrogens with one attached hydrogen (secondary N) is 1. The zero-order valence-corrected chi connectivity index (χ0v) is 11.6. The molecule has 0 fully saturated rings. The molecule has 0 aliphatic carbocycles. The number of aryl methyl sites for hydroxylation is 1. The molecule has 2 aromatic rings. The monoisotopic (exact) mass is 281 g/mol. The van der Waals surface area contributed by atoms with Gasteiger partial charge in [-0.15, -0.1) is 0 Å². The Labute approximate surface area is 118 Å². The number of amides is 1. The number of benzene rings is 1. The molecule has 0 unspecified atom stereocenters. The standard InChI is InChI=1S/C13H15N3O2.ClH/c1-15-6-7-16(10-15)9-13(17)14-11-4-3-5-12(8-11)18-2;/h3-8,10H,9H2,1-2H3;1H. The van der Waals surface area contributed by atoms with E-state index in [1.165, 1.54) is 0 Å². The first kappa shape index (κ1) is 15.0. The fourth-order valence-electron chi connectivity index (χ4n) is 1.66. The van der Waals surface area contributed by atoms with Crippen molar-refractivity contribution in [3.8, 4) is 5.75 Å². The van der Waals surface area contributed by atoms with Gasteiger partial charge in [0.2, 0.25) is 6.33 Å². The molecule has 0 atom stereocenters. The predicted molar refractivity (Wildman–Crippen MR) is 67.2 cm³/mol. The number of hydrogen-bond donors (Lipinski definition) is 1. The molecule has 0 aliphatic heterocycles. The fourth-order valence-corrected chi connectivity index (χ4v) is 1.66. The number of anilines is 1. The van der Waals surface area contributed by atoms with E-state index in [4.69, 9.17) is 4.74 Å². The molecule has 1 aromatic carbocycles. The first-order valence-corrected chi connectivity index (χ1v) is 5.62. The van der Waals surface area contributed by atoms with Crippen molar-refractivity contribution in [1.82, 2.24) is 4.57 Å². The molecule has 0 spiro atoms. The van der Waals surface area contributed by atoms with Crippen molar-refractivity contribution in [2.45, 2.75) is 6.54 Å². The number of ether oxygens (including phenoxy) is 1. The summed E-state index contributed by atoms with van der Waals surface area (Å²) in [7, 11) is 3.51. The maximum Gasteiger partial charge on any atom is 0.266 e. The van der Waals surface area contributed by atoms with Gasteiger partial charge in [-0.05, 0) is 12.1 Å². The van der Waals surface area contributed by atoms with Crippen molar-refractivity contribution >= 4 is 11.6 Å². The van der Waals surface area contributed by atoms with Gasteiger partial charge in [-0.1, -0.05) is 6.07 Å². The molecule has 0 bridgehead atoms. The fraction of sp³-hybridized carbons (Fsp3) is 0.231. The van der Waals surface area contributed by atoms with Crippen LogP contribution in [0.2, 0.25) is 0 Å². The van der Waals surface area contributed by atoms with E-state index in [-0.39, 0.29) is 24.9 Å².